The van der Waals surface area contributed by atoms with Gasteiger partial charge in [-0.15, -0.1) is 0 Å². The molecule has 2 unspecified atom stereocenters. The first-order valence-corrected chi connectivity index (χ1v) is 7.29. The number of aliphatic carboxylic acids is 2. The molecule has 0 fully saturated rings. The molecule has 0 aromatic carbocycles. The Bertz CT molecular complexity index is 172. The molecule has 0 aliphatic rings. The van der Waals surface area contributed by atoms with E-state index in [9.17, 15) is 9.59 Å². The molecule has 0 aliphatic heterocycles. The topological polar surface area (TPSA) is 74.6 Å². The molecule has 15 heavy (non-hydrogen) atoms. The maximum atomic E-state index is 9.85. The first-order chi connectivity index (χ1) is 6.36. The summed E-state index contributed by atoms with van der Waals surface area (Å²) in [5.74, 6) is -1.67. The van der Waals surface area contributed by atoms with Crippen molar-refractivity contribution >= 4 is 75.7 Å². The molecule has 0 spiro atoms. The van der Waals surface area contributed by atoms with E-state index in [1.54, 1.807) is 0 Å². The summed E-state index contributed by atoms with van der Waals surface area (Å²) in [6.07, 6.45) is 0. The van der Waals surface area contributed by atoms with Crippen LogP contribution in [0.15, 0.2) is 0 Å². The Hall–Kier alpha value is 1.78. The smallest absolute Gasteiger partial charge is 0.318 e. The second-order valence-corrected chi connectivity index (χ2v) is 5.43. The average molecular weight is 576 g/mol. The van der Waals surface area contributed by atoms with Gasteiger partial charge in [-0.2, -0.15) is 0 Å². The van der Waals surface area contributed by atoms with Gasteiger partial charge in [-0.05, 0) is 0 Å². The largest absolute Gasteiger partial charge is 0.480 e. The van der Waals surface area contributed by atoms with Gasteiger partial charge < -0.3 is 10.2 Å². The van der Waals surface area contributed by atoms with Crippen molar-refractivity contribution in [3.05, 3.63) is 0 Å². The summed E-state index contributed by atoms with van der Waals surface area (Å²) in [5.41, 5.74) is 0. The number of hydrogen-bond donors (Lipinski definition) is 2. The molecule has 0 amide bonds. The third-order valence-electron chi connectivity index (χ3n) is 0.807. The van der Waals surface area contributed by atoms with Crippen molar-refractivity contribution in [3.63, 3.8) is 0 Å². The standard InChI is InChI=1S/2C3H4Br2O2.Cd/c2*4-1-2(5)3(6)7;/h2*2H,1H2,(H,6,7);. The Morgan fingerprint density at radius 3 is 1.13 bits per heavy atom. The molecule has 4 nitrogen and oxygen atoms in total. The second kappa shape index (κ2) is 13.8. The van der Waals surface area contributed by atoms with E-state index in [2.05, 4.69) is 63.7 Å². The number of carbonyl (C=O) groups is 2. The molecule has 86 valence electrons. The number of halogens is 4. The van der Waals surface area contributed by atoms with Crippen molar-refractivity contribution in [3.8, 4) is 0 Å². The van der Waals surface area contributed by atoms with E-state index in [4.69, 9.17) is 10.2 Å². The maximum Gasteiger partial charge on any atom is 0.318 e. The molecule has 0 radical (unpaired) electrons. The van der Waals surface area contributed by atoms with Gasteiger partial charge >= 0.3 is 11.9 Å². The molecular weight excluding hydrogens is 568 g/mol. The Labute approximate surface area is 141 Å². The van der Waals surface area contributed by atoms with Crippen molar-refractivity contribution in [1.82, 2.24) is 0 Å². The molecule has 0 aliphatic carbocycles. The zero-order valence-corrected chi connectivity index (χ0v) is 17.9. The molecule has 2 N–H and O–H groups in total. The summed E-state index contributed by atoms with van der Waals surface area (Å²) in [4.78, 5) is 18.8. The van der Waals surface area contributed by atoms with Crippen molar-refractivity contribution in [2.45, 2.75) is 9.65 Å². The van der Waals surface area contributed by atoms with Crippen molar-refractivity contribution < 1.29 is 47.1 Å². The van der Waals surface area contributed by atoms with E-state index in [1.165, 1.54) is 0 Å². The van der Waals surface area contributed by atoms with Gasteiger partial charge in [0.05, 0.1) is 0 Å². The van der Waals surface area contributed by atoms with E-state index >= 15 is 0 Å². The van der Waals surface area contributed by atoms with Crippen LogP contribution in [0.1, 0.15) is 0 Å². The second-order valence-electron chi connectivity index (χ2n) is 1.92. The molecule has 0 bridgehead atoms. The molecule has 2 atom stereocenters. The van der Waals surface area contributed by atoms with Crippen LogP contribution in [0, 0.1) is 0 Å². The molecule has 0 rings (SSSR count). The van der Waals surface area contributed by atoms with Gasteiger partial charge in [-0.25, -0.2) is 0 Å². The first-order valence-electron chi connectivity index (χ1n) is 3.22. The van der Waals surface area contributed by atoms with Crippen LogP contribution in [-0.4, -0.2) is 42.5 Å². The summed E-state index contributed by atoms with van der Waals surface area (Å²) in [7, 11) is 0. The molecular formula is C6H8Br4CdO4. The van der Waals surface area contributed by atoms with Crippen LogP contribution in [0.2, 0.25) is 0 Å². The number of hydrogen-bond acceptors (Lipinski definition) is 2. The Morgan fingerprint density at radius 2 is 1.13 bits per heavy atom. The third-order valence-corrected chi connectivity index (χ3v) is 5.27. The number of rotatable bonds is 4. The van der Waals surface area contributed by atoms with Gasteiger partial charge in [0.25, 0.3) is 0 Å². The van der Waals surface area contributed by atoms with Crippen molar-refractivity contribution in [2.24, 2.45) is 0 Å². The fourth-order valence-corrected chi connectivity index (χ4v) is 0.686. The van der Waals surface area contributed by atoms with Gasteiger partial charge in [0.2, 0.25) is 0 Å². The van der Waals surface area contributed by atoms with Crippen LogP contribution in [0.25, 0.3) is 0 Å². The Balaban J connectivity index is -0.000000180. The van der Waals surface area contributed by atoms with Gasteiger partial charge in [-0.3, -0.25) is 9.59 Å². The number of carboxylic acid groups (broad SMARTS) is 2. The zero-order valence-electron chi connectivity index (χ0n) is 7.50. The molecule has 0 aromatic heterocycles. The molecule has 9 heteroatoms. The van der Waals surface area contributed by atoms with Crippen LogP contribution in [0.3, 0.4) is 0 Å². The Morgan fingerprint density at radius 1 is 0.933 bits per heavy atom. The molecule has 0 saturated heterocycles. The van der Waals surface area contributed by atoms with E-state index in [0.717, 1.165) is 0 Å². The summed E-state index contributed by atoms with van der Waals surface area (Å²) >= 11 is 11.8. The van der Waals surface area contributed by atoms with Gasteiger partial charge in [-0.1, -0.05) is 63.7 Å². The SMILES string of the molecule is O=C(O)C(Br)CBr.O=C(O)C(Br)CBr.[Cd]. The van der Waals surface area contributed by atoms with E-state index < -0.39 is 21.6 Å². The normalized spacial score (nSPS) is 12.5. The summed E-state index contributed by atoms with van der Waals surface area (Å²) < 4.78 is 0. The van der Waals surface area contributed by atoms with Crippen LogP contribution < -0.4 is 0 Å². The average Bonchev–Trinajstić information content (AvgIpc) is 2.15. The number of carboxylic acids is 2. The van der Waals surface area contributed by atoms with E-state index in [-0.39, 0.29) is 27.3 Å². The summed E-state index contributed by atoms with van der Waals surface area (Å²) in [6, 6.07) is 0. The quantitative estimate of drug-likeness (QED) is 0.399. The van der Waals surface area contributed by atoms with Crippen LogP contribution in [0.5, 0.6) is 0 Å². The first kappa shape index (κ1) is 22.0. The monoisotopic (exact) mass is 574 g/mol. The number of alkyl halides is 4. The predicted molar refractivity (Wildman–Crippen MR) is 68.3 cm³/mol. The molecule has 0 saturated carbocycles. The molecule has 0 aromatic rings. The zero-order chi connectivity index (χ0) is 11.7. The van der Waals surface area contributed by atoms with Crippen molar-refractivity contribution in [1.29, 1.82) is 0 Å². The summed E-state index contributed by atoms with van der Waals surface area (Å²) in [6.45, 7) is 0. The van der Waals surface area contributed by atoms with E-state index in [0.29, 0.717) is 10.7 Å². The fourth-order valence-electron chi connectivity index (χ4n) is 0.132. The minimum absolute atomic E-state index is 0. The van der Waals surface area contributed by atoms with E-state index in [1.807, 2.05) is 0 Å². The van der Waals surface area contributed by atoms with Crippen LogP contribution in [-0.2, 0) is 36.9 Å². The minimum atomic E-state index is -0.836. The van der Waals surface area contributed by atoms with Gasteiger partial charge in [0.1, 0.15) is 9.65 Å². The maximum absolute atomic E-state index is 9.85. The Kier molecular flexibility index (Phi) is 20.3. The van der Waals surface area contributed by atoms with Crippen LogP contribution >= 0.6 is 63.7 Å². The molecule has 0 heterocycles. The van der Waals surface area contributed by atoms with Crippen molar-refractivity contribution in [2.75, 3.05) is 10.7 Å². The fraction of sp³-hybridized carbons (Fsp3) is 0.667. The van der Waals surface area contributed by atoms with Gasteiger partial charge in [0, 0.05) is 38.0 Å². The third kappa shape index (κ3) is 15.8. The van der Waals surface area contributed by atoms with Crippen LogP contribution in [0.4, 0.5) is 0 Å². The van der Waals surface area contributed by atoms with Gasteiger partial charge in [0.15, 0.2) is 0 Å². The summed E-state index contributed by atoms with van der Waals surface area (Å²) in [5, 5.41) is 17.1. The minimum Gasteiger partial charge on any atom is -0.480 e. The predicted octanol–water partition coefficient (Wildman–Crippen LogP) is 2.46.